The van der Waals surface area contributed by atoms with E-state index in [0.717, 1.165) is 31.9 Å². The van der Waals surface area contributed by atoms with Crippen molar-refractivity contribution in [3.05, 3.63) is 50.4 Å². The summed E-state index contributed by atoms with van der Waals surface area (Å²) in [6, 6.07) is 10.2. The second-order valence-corrected chi connectivity index (χ2v) is 6.95. The van der Waals surface area contributed by atoms with Gasteiger partial charge in [0.05, 0.1) is 22.8 Å². The Balaban J connectivity index is 1.81. The third-order valence-electron chi connectivity index (χ3n) is 3.09. The molecule has 1 aromatic carbocycles. The van der Waals surface area contributed by atoms with Crippen molar-refractivity contribution in [2.45, 2.75) is 20.4 Å². The summed E-state index contributed by atoms with van der Waals surface area (Å²) in [6.07, 6.45) is 0. The standard InChI is InChI=1S/C15H14BrN3S/c1-9-14(18-10(2)20-9)8-17-15-6-3-11-7-12(16)4-5-13(11)19-15/h3-7H,8H2,1-2H3,(H,17,19). The molecule has 0 aliphatic carbocycles. The van der Waals surface area contributed by atoms with Crippen LogP contribution in [-0.4, -0.2) is 9.97 Å². The van der Waals surface area contributed by atoms with E-state index in [1.807, 2.05) is 25.1 Å². The highest BCUT2D eigenvalue weighted by Crippen LogP contribution is 2.21. The maximum atomic E-state index is 4.61. The molecule has 0 saturated carbocycles. The summed E-state index contributed by atoms with van der Waals surface area (Å²) in [7, 11) is 0. The first-order valence-electron chi connectivity index (χ1n) is 6.35. The van der Waals surface area contributed by atoms with Crippen LogP contribution in [0, 0.1) is 13.8 Å². The van der Waals surface area contributed by atoms with E-state index in [9.17, 15) is 0 Å². The van der Waals surface area contributed by atoms with Crippen molar-refractivity contribution in [3.63, 3.8) is 0 Å². The van der Waals surface area contributed by atoms with Gasteiger partial charge in [0.1, 0.15) is 5.82 Å². The Labute approximate surface area is 130 Å². The quantitative estimate of drug-likeness (QED) is 0.747. The number of rotatable bonds is 3. The van der Waals surface area contributed by atoms with Crippen molar-refractivity contribution in [1.82, 2.24) is 9.97 Å². The third kappa shape index (κ3) is 2.83. The molecule has 0 unspecified atom stereocenters. The Hall–Kier alpha value is -1.46. The zero-order valence-electron chi connectivity index (χ0n) is 11.3. The number of aromatic nitrogens is 2. The first-order valence-corrected chi connectivity index (χ1v) is 7.96. The van der Waals surface area contributed by atoms with Crippen molar-refractivity contribution < 1.29 is 0 Å². The Morgan fingerprint density at radius 1 is 1.15 bits per heavy atom. The molecule has 1 N–H and O–H groups in total. The van der Waals surface area contributed by atoms with E-state index in [-0.39, 0.29) is 0 Å². The van der Waals surface area contributed by atoms with Gasteiger partial charge in [0.15, 0.2) is 0 Å². The molecule has 3 rings (SSSR count). The predicted octanol–water partition coefficient (Wildman–Crippen LogP) is 4.68. The monoisotopic (exact) mass is 347 g/mol. The highest BCUT2D eigenvalue weighted by Gasteiger charge is 2.05. The number of fused-ring (bicyclic) bond motifs is 1. The molecule has 5 heteroatoms. The lowest BCUT2D eigenvalue weighted by atomic mass is 10.2. The summed E-state index contributed by atoms with van der Waals surface area (Å²) < 4.78 is 1.07. The van der Waals surface area contributed by atoms with Crippen molar-refractivity contribution in [3.8, 4) is 0 Å². The Morgan fingerprint density at radius 2 is 2.00 bits per heavy atom. The Morgan fingerprint density at radius 3 is 2.75 bits per heavy atom. The zero-order chi connectivity index (χ0) is 14.1. The molecule has 0 fully saturated rings. The van der Waals surface area contributed by atoms with Gasteiger partial charge in [-0.1, -0.05) is 15.9 Å². The van der Waals surface area contributed by atoms with Gasteiger partial charge < -0.3 is 5.32 Å². The van der Waals surface area contributed by atoms with E-state index in [1.54, 1.807) is 11.3 Å². The lowest BCUT2D eigenvalue weighted by Crippen LogP contribution is -2.02. The largest absolute Gasteiger partial charge is 0.364 e. The lowest BCUT2D eigenvalue weighted by Gasteiger charge is -2.06. The molecule has 0 radical (unpaired) electrons. The number of anilines is 1. The maximum absolute atomic E-state index is 4.61. The van der Waals surface area contributed by atoms with Crippen LogP contribution in [0.1, 0.15) is 15.6 Å². The van der Waals surface area contributed by atoms with E-state index >= 15 is 0 Å². The van der Waals surface area contributed by atoms with Crippen molar-refractivity contribution in [2.75, 3.05) is 5.32 Å². The van der Waals surface area contributed by atoms with Crippen LogP contribution in [-0.2, 0) is 6.54 Å². The van der Waals surface area contributed by atoms with Crippen molar-refractivity contribution in [1.29, 1.82) is 0 Å². The van der Waals surface area contributed by atoms with Crippen LogP contribution in [0.2, 0.25) is 0 Å². The first kappa shape index (κ1) is 13.5. The molecule has 0 bridgehead atoms. The molecule has 0 saturated heterocycles. The van der Waals surface area contributed by atoms with Gasteiger partial charge >= 0.3 is 0 Å². The molecule has 2 aromatic heterocycles. The SMILES string of the molecule is Cc1nc(CNc2ccc3cc(Br)ccc3n2)c(C)s1. The van der Waals surface area contributed by atoms with Gasteiger partial charge in [-0.2, -0.15) is 0 Å². The highest BCUT2D eigenvalue weighted by atomic mass is 79.9. The fraction of sp³-hybridized carbons (Fsp3) is 0.200. The van der Waals surface area contributed by atoms with Gasteiger partial charge in [0, 0.05) is 14.7 Å². The average Bonchev–Trinajstić information content (AvgIpc) is 2.74. The minimum Gasteiger partial charge on any atom is -0.364 e. The van der Waals surface area contributed by atoms with Crippen LogP contribution in [0.5, 0.6) is 0 Å². The lowest BCUT2D eigenvalue weighted by molar-refractivity contribution is 1.03. The Kier molecular flexibility index (Phi) is 3.72. The average molecular weight is 348 g/mol. The summed E-state index contributed by atoms with van der Waals surface area (Å²) >= 11 is 5.20. The molecule has 102 valence electrons. The molecule has 0 aliphatic rings. The summed E-state index contributed by atoms with van der Waals surface area (Å²) in [5.74, 6) is 0.880. The fourth-order valence-electron chi connectivity index (χ4n) is 2.11. The van der Waals surface area contributed by atoms with Crippen LogP contribution in [0.4, 0.5) is 5.82 Å². The number of thiazole rings is 1. The van der Waals surface area contributed by atoms with E-state index in [2.05, 4.69) is 50.3 Å². The zero-order valence-corrected chi connectivity index (χ0v) is 13.7. The van der Waals surface area contributed by atoms with Crippen molar-refractivity contribution in [2.24, 2.45) is 0 Å². The molecular weight excluding hydrogens is 334 g/mol. The van der Waals surface area contributed by atoms with Crippen molar-refractivity contribution >= 4 is 44.0 Å². The minimum absolute atomic E-state index is 0.714. The molecule has 3 aromatic rings. The van der Waals surface area contributed by atoms with Gasteiger partial charge in [0.2, 0.25) is 0 Å². The van der Waals surface area contributed by atoms with Crippen LogP contribution in [0.3, 0.4) is 0 Å². The number of hydrogen-bond donors (Lipinski definition) is 1. The second kappa shape index (κ2) is 5.50. The van der Waals surface area contributed by atoms with E-state index in [4.69, 9.17) is 0 Å². The fourth-order valence-corrected chi connectivity index (χ4v) is 3.32. The Bertz CT molecular complexity index is 767. The molecule has 3 nitrogen and oxygen atoms in total. The third-order valence-corrected chi connectivity index (χ3v) is 4.51. The molecule has 0 atom stereocenters. The molecule has 20 heavy (non-hydrogen) atoms. The first-order chi connectivity index (χ1) is 9.61. The van der Waals surface area contributed by atoms with E-state index < -0.39 is 0 Å². The summed E-state index contributed by atoms with van der Waals surface area (Å²) in [5.41, 5.74) is 2.09. The second-order valence-electron chi connectivity index (χ2n) is 4.62. The number of benzene rings is 1. The summed E-state index contributed by atoms with van der Waals surface area (Å²) in [5, 5.41) is 5.58. The van der Waals surface area contributed by atoms with Gasteiger partial charge in [-0.25, -0.2) is 9.97 Å². The maximum Gasteiger partial charge on any atom is 0.126 e. The molecule has 0 spiro atoms. The van der Waals surface area contributed by atoms with Gasteiger partial charge in [-0.05, 0) is 44.2 Å². The number of halogens is 1. The van der Waals surface area contributed by atoms with E-state index in [1.165, 1.54) is 4.88 Å². The minimum atomic E-state index is 0.714. The van der Waals surface area contributed by atoms with Crippen LogP contribution < -0.4 is 5.32 Å². The molecule has 0 amide bonds. The van der Waals surface area contributed by atoms with Crippen LogP contribution in [0.15, 0.2) is 34.8 Å². The summed E-state index contributed by atoms with van der Waals surface area (Å²) in [6.45, 7) is 4.85. The molecule has 2 heterocycles. The number of hydrogen-bond acceptors (Lipinski definition) is 4. The van der Waals surface area contributed by atoms with Crippen LogP contribution in [0.25, 0.3) is 10.9 Å². The summed E-state index contributed by atoms with van der Waals surface area (Å²) in [4.78, 5) is 10.4. The van der Waals surface area contributed by atoms with E-state index in [0.29, 0.717) is 6.54 Å². The molecular formula is C15H14BrN3S. The predicted molar refractivity (Wildman–Crippen MR) is 88.4 cm³/mol. The molecule has 0 aliphatic heterocycles. The number of pyridine rings is 1. The number of nitrogens with one attached hydrogen (secondary N) is 1. The van der Waals surface area contributed by atoms with Gasteiger partial charge in [-0.3, -0.25) is 0 Å². The smallest absolute Gasteiger partial charge is 0.126 e. The highest BCUT2D eigenvalue weighted by molar-refractivity contribution is 9.10. The normalized spacial score (nSPS) is 10.9. The van der Waals surface area contributed by atoms with Crippen LogP contribution >= 0.6 is 27.3 Å². The van der Waals surface area contributed by atoms with Gasteiger partial charge in [-0.15, -0.1) is 11.3 Å². The van der Waals surface area contributed by atoms with Gasteiger partial charge in [0.25, 0.3) is 0 Å². The topological polar surface area (TPSA) is 37.8 Å². The number of nitrogens with zero attached hydrogens (tertiary/aromatic N) is 2. The number of aryl methyl sites for hydroxylation is 2.